The van der Waals surface area contributed by atoms with E-state index in [0.29, 0.717) is 13.0 Å². The van der Waals surface area contributed by atoms with Crippen LogP contribution in [0, 0.1) is 5.41 Å². The molecule has 25 heavy (non-hydrogen) atoms. The minimum atomic E-state index is -0.924. The lowest BCUT2D eigenvalue weighted by molar-refractivity contribution is -0.166. The van der Waals surface area contributed by atoms with Gasteiger partial charge in [-0.15, -0.1) is 10.2 Å². The molecule has 0 radical (unpaired) electrons. The van der Waals surface area contributed by atoms with Gasteiger partial charge in [-0.1, -0.05) is 36.9 Å². The van der Waals surface area contributed by atoms with Gasteiger partial charge in [0.25, 0.3) is 0 Å². The van der Waals surface area contributed by atoms with Crippen LogP contribution >= 0.6 is 23.1 Å². The number of benzene rings is 1. The molecule has 3 rings (SSSR count). The third-order valence-corrected chi connectivity index (χ3v) is 6.68. The van der Waals surface area contributed by atoms with E-state index in [-0.39, 0.29) is 12.0 Å². The predicted octanol–water partition coefficient (Wildman–Crippen LogP) is 3.16. The minimum Gasteiger partial charge on any atom is -0.378 e. The number of nitrogens with two attached hydrogens (primary N) is 1. The van der Waals surface area contributed by atoms with Crippen molar-refractivity contribution in [3.05, 3.63) is 29.8 Å². The largest absolute Gasteiger partial charge is 0.378 e. The van der Waals surface area contributed by atoms with Crippen LogP contribution in [0.15, 0.2) is 39.0 Å². The molecule has 1 aromatic heterocycles. The fourth-order valence-electron chi connectivity index (χ4n) is 2.98. The molecule has 1 heterocycles. The van der Waals surface area contributed by atoms with E-state index in [2.05, 4.69) is 15.5 Å². The third kappa shape index (κ3) is 3.44. The zero-order valence-electron chi connectivity index (χ0n) is 14.5. The molecule has 3 N–H and O–H groups in total. The van der Waals surface area contributed by atoms with Gasteiger partial charge in [0.05, 0.1) is 6.10 Å². The summed E-state index contributed by atoms with van der Waals surface area (Å²) >= 11 is 3.03. The number of rotatable bonds is 6. The van der Waals surface area contributed by atoms with E-state index >= 15 is 0 Å². The number of carbonyl (C=O) groups excluding carboxylic acids is 1. The average Bonchev–Trinajstić information content (AvgIpc) is 3.09. The molecule has 2 aromatic rings. The fourth-order valence-corrected chi connectivity index (χ4v) is 4.43. The normalized spacial score (nSPS) is 24.6. The second kappa shape index (κ2) is 7.03. The van der Waals surface area contributed by atoms with Gasteiger partial charge in [-0.3, -0.25) is 4.79 Å². The molecule has 1 fully saturated rings. The molecule has 0 spiro atoms. The zero-order chi connectivity index (χ0) is 18.1. The van der Waals surface area contributed by atoms with E-state index in [1.54, 1.807) is 5.51 Å². The van der Waals surface area contributed by atoms with Crippen LogP contribution in [-0.2, 0) is 9.53 Å². The Balaban J connectivity index is 1.63. The van der Waals surface area contributed by atoms with Crippen molar-refractivity contribution >= 4 is 34.7 Å². The molecule has 0 saturated heterocycles. The molecule has 1 amide bonds. The van der Waals surface area contributed by atoms with E-state index in [4.69, 9.17) is 10.5 Å². The lowest BCUT2D eigenvalue weighted by Crippen LogP contribution is -2.74. The second-order valence-electron chi connectivity index (χ2n) is 6.63. The van der Waals surface area contributed by atoms with Gasteiger partial charge >= 0.3 is 0 Å². The molecule has 2 unspecified atom stereocenters. The first-order chi connectivity index (χ1) is 11.9. The number of nitrogens with one attached hydrogen (secondary N) is 1. The third-order valence-electron chi connectivity index (χ3n) is 4.89. The summed E-state index contributed by atoms with van der Waals surface area (Å²) in [6, 6.07) is 7.63. The number of hydrogen-bond acceptors (Lipinski definition) is 7. The molecular formula is C17H22N4O2S2. The SMILES string of the molecule is CCOC1CC(N)(C(=O)Nc2ccc(Sc3nncs3)cc2)C1(C)C. The van der Waals surface area contributed by atoms with Crippen molar-refractivity contribution in [3.63, 3.8) is 0 Å². The van der Waals surface area contributed by atoms with E-state index in [1.807, 2.05) is 45.0 Å². The monoisotopic (exact) mass is 378 g/mol. The highest BCUT2D eigenvalue weighted by atomic mass is 32.2. The maximum atomic E-state index is 12.7. The summed E-state index contributed by atoms with van der Waals surface area (Å²) in [5.41, 5.74) is 7.51. The van der Waals surface area contributed by atoms with Gasteiger partial charge in [0.2, 0.25) is 5.91 Å². The summed E-state index contributed by atoms with van der Waals surface area (Å²) in [4.78, 5) is 13.7. The summed E-state index contributed by atoms with van der Waals surface area (Å²) < 4.78 is 6.57. The Kier molecular flexibility index (Phi) is 5.15. The number of hydrogen-bond donors (Lipinski definition) is 2. The molecule has 2 atom stereocenters. The van der Waals surface area contributed by atoms with Crippen molar-refractivity contribution < 1.29 is 9.53 Å². The Labute approximate surface area is 155 Å². The van der Waals surface area contributed by atoms with Crippen molar-refractivity contribution in [3.8, 4) is 0 Å². The Hall–Kier alpha value is -1.48. The molecule has 8 heteroatoms. The van der Waals surface area contributed by atoms with Crippen molar-refractivity contribution in [2.24, 2.45) is 11.1 Å². The number of ether oxygens (including phenoxy) is 1. The first-order valence-electron chi connectivity index (χ1n) is 8.13. The van der Waals surface area contributed by atoms with E-state index in [0.717, 1.165) is 14.9 Å². The lowest BCUT2D eigenvalue weighted by Gasteiger charge is -2.57. The van der Waals surface area contributed by atoms with Crippen molar-refractivity contribution in [1.29, 1.82) is 0 Å². The average molecular weight is 379 g/mol. The minimum absolute atomic E-state index is 0.0129. The summed E-state index contributed by atoms with van der Waals surface area (Å²) in [5.74, 6) is -0.169. The van der Waals surface area contributed by atoms with Crippen LogP contribution in [0.4, 0.5) is 5.69 Å². The molecule has 1 aliphatic rings. The van der Waals surface area contributed by atoms with Crippen LogP contribution in [-0.4, -0.2) is 34.4 Å². The molecule has 6 nitrogen and oxygen atoms in total. The Morgan fingerprint density at radius 3 is 2.72 bits per heavy atom. The summed E-state index contributed by atoms with van der Waals surface area (Å²) in [5, 5.41) is 10.8. The highest BCUT2D eigenvalue weighted by molar-refractivity contribution is 8.01. The second-order valence-corrected chi connectivity index (χ2v) is 8.78. The first-order valence-corrected chi connectivity index (χ1v) is 9.82. The molecule has 0 bridgehead atoms. The van der Waals surface area contributed by atoms with E-state index in [1.165, 1.54) is 23.1 Å². The van der Waals surface area contributed by atoms with Gasteiger partial charge < -0.3 is 15.8 Å². The summed E-state index contributed by atoms with van der Waals surface area (Å²) in [7, 11) is 0. The molecule has 1 aromatic carbocycles. The van der Waals surface area contributed by atoms with E-state index < -0.39 is 11.0 Å². The van der Waals surface area contributed by atoms with Gasteiger partial charge in [-0.25, -0.2) is 0 Å². The van der Waals surface area contributed by atoms with Crippen LogP contribution in [0.3, 0.4) is 0 Å². The number of amides is 1. The topological polar surface area (TPSA) is 90.1 Å². The smallest absolute Gasteiger partial charge is 0.245 e. The van der Waals surface area contributed by atoms with E-state index in [9.17, 15) is 4.79 Å². The van der Waals surface area contributed by atoms with Gasteiger partial charge in [0, 0.05) is 29.0 Å². The number of aromatic nitrogens is 2. The van der Waals surface area contributed by atoms with Crippen LogP contribution in [0.25, 0.3) is 0 Å². The molecule has 0 aliphatic heterocycles. The highest BCUT2D eigenvalue weighted by Crippen LogP contribution is 2.50. The summed E-state index contributed by atoms with van der Waals surface area (Å²) in [6.45, 7) is 6.55. The fraction of sp³-hybridized carbons (Fsp3) is 0.471. The maximum absolute atomic E-state index is 12.7. The Bertz CT molecular complexity index is 734. The van der Waals surface area contributed by atoms with Crippen molar-refractivity contribution in [2.75, 3.05) is 11.9 Å². The molecule has 134 valence electrons. The van der Waals surface area contributed by atoms with Crippen LogP contribution in [0.2, 0.25) is 0 Å². The summed E-state index contributed by atoms with van der Waals surface area (Å²) in [6.07, 6.45) is 0.545. The predicted molar refractivity (Wildman–Crippen MR) is 99.8 cm³/mol. The van der Waals surface area contributed by atoms with Crippen LogP contribution in [0.5, 0.6) is 0 Å². The lowest BCUT2D eigenvalue weighted by atomic mass is 9.54. The maximum Gasteiger partial charge on any atom is 0.245 e. The van der Waals surface area contributed by atoms with Gasteiger partial charge in [-0.05, 0) is 31.2 Å². The molecular weight excluding hydrogens is 356 g/mol. The highest BCUT2D eigenvalue weighted by Gasteiger charge is 2.62. The standard InChI is InChI=1S/C17H22N4O2S2/c1-4-23-13-9-17(18,16(13,2)3)14(22)20-11-5-7-12(8-6-11)25-15-21-19-10-24-15/h5-8,10,13H,4,9,18H2,1-3H3,(H,20,22). The molecule has 1 saturated carbocycles. The van der Waals surface area contributed by atoms with Crippen molar-refractivity contribution in [2.45, 2.75) is 48.1 Å². The first kappa shape index (κ1) is 18.3. The number of anilines is 1. The Morgan fingerprint density at radius 1 is 1.44 bits per heavy atom. The quantitative estimate of drug-likeness (QED) is 0.802. The van der Waals surface area contributed by atoms with Crippen molar-refractivity contribution in [1.82, 2.24) is 10.2 Å². The van der Waals surface area contributed by atoms with Gasteiger partial charge in [0.15, 0.2) is 4.34 Å². The Morgan fingerprint density at radius 2 is 2.16 bits per heavy atom. The number of carbonyl (C=O) groups is 1. The van der Waals surface area contributed by atoms with Crippen LogP contribution in [0.1, 0.15) is 27.2 Å². The zero-order valence-corrected chi connectivity index (χ0v) is 16.1. The van der Waals surface area contributed by atoms with Gasteiger partial charge in [0.1, 0.15) is 11.0 Å². The van der Waals surface area contributed by atoms with Crippen LogP contribution < -0.4 is 11.1 Å². The van der Waals surface area contributed by atoms with Gasteiger partial charge in [-0.2, -0.15) is 0 Å². The number of nitrogens with zero attached hydrogens (tertiary/aromatic N) is 2. The molecule has 1 aliphatic carbocycles.